The number of aromatic nitrogens is 3. The average Bonchev–Trinajstić information content (AvgIpc) is 3.13. The van der Waals surface area contributed by atoms with Crippen LogP contribution in [0.5, 0.6) is 5.75 Å². The van der Waals surface area contributed by atoms with Crippen molar-refractivity contribution >= 4 is 29.9 Å². The van der Waals surface area contributed by atoms with Gasteiger partial charge in [0.15, 0.2) is 5.96 Å². The summed E-state index contributed by atoms with van der Waals surface area (Å²) >= 11 is 0. The van der Waals surface area contributed by atoms with Gasteiger partial charge in [-0.15, -0.1) is 34.2 Å². The van der Waals surface area contributed by atoms with Crippen LogP contribution < -0.4 is 15.4 Å². The lowest BCUT2D eigenvalue weighted by Crippen LogP contribution is -2.40. The second-order valence-electron chi connectivity index (χ2n) is 6.93. The van der Waals surface area contributed by atoms with Crippen LogP contribution >= 0.6 is 24.0 Å². The van der Waals surface area contributed by atoms with E-state index in [4.69, 9.17) is 4.74 Å². The molecule has 0 spiro atoms. The van der Waals surface area contributed by atoms with Crippen LogP contribution in [0, 0.1) is 5.92 Å². The first-order chi connectivity index (χ1) is 13.0. The number of rotatable bonds is 9. The highest BCUT2D eigenvalue weighted by Crippen LogP contribution is 2.18. The highest BCUT2D eigenvalue weighted by Gasteiger charge is 2.09. The van der Waals surface area contributed by atoms with E-state index in [1.807, 2.05) is 12.1 Å². The summed E-state index contributed by atoms with van der Waals surface area (Å²) in [7, 11) is 1.78. The zero-order chi connectivity index (χ0) is 19.6. The third kappa shape index (κ3) is 7.65. The summed E-state index contributed by atoms with van der Waals surface area (Å²) in [4.78, 5) is 4.31. The van der Waals surface area contributed by atoms with Crippen molar-refractivity contribution in [3.63, 3.8) is 0 Å². The van der Waals surface area contributed by atoms with Crippen LogP contribution in [0.1, 0.15) is 45.1 Å². The Kier molecular flexibility index (Phi) is 10.9. The van der Waals surface area contributed by atoms with Crippen molar-refractivity contribution in [2.75, 3.05) is 20.2 Å². The number of guanidine groups is 1. The molecule has 0 aliphatic heterocycles. The summed E-state index contributed by atoms with van der Waals surface area (Å²) in [5.41, 5.74) is 1.18. The summed E-state index contributed by atoms with van der Waals surface area (Å²) in [5, 5.41) is 14.8. The molecule has 0 amide bonds. The van der Waals surface area contributed by atoms with Gasteiger partial charge in [0.1, 0.15) is 17.9 Å². The molecule has 2 rings (SSSR count). The number of benzene rings is 1. The monoisotopic (exact) mass is 500 g/mol. The van der Waals surface area contributed by atoms with Crippen LogP contribution in [-0.4, -0.2) is 40.9 Å². The van der Waals surface area contributed by atoms with E-state index in [2.05, 4.69) is 70.2 Å². The Labute approximate surface area is 185 Å². The van der Waals surface area contributed by atoms with Crippen LogP contribution in [-0.2, 0) is 13.0 Å². The smallest absolute Gasteiger partial charge is 0.191 e. The molecule has 7 nitrogen and oxygen atoms in total. The molecule has 8 heteroatoms. The molecule has 0 aliphatic rings. The molecule has 2 aromatic rings. The van der Waals surface area contributed by atoms with E-state index in [0.717, 1.165) is 43.7 Å². The quantitative estimate of drug-likeness (QED) is 0.314. The zero-order valence-corrected chi connectivity index (χ0v) is 19.8. The number of hydrogen-bond acceptors (Lipinski definition) is 4. The lowest BCUT2D eigenvalue weighted by Gasteiger charge is -2.19. The second-order valence-corrected chi connectivity index (χ2v) is 6.93. The lowest BCUT2D eigenvalue weighted by atomic mass is 10.1. The van der Waals surface area contributed by atoms with Gasteiger partial charge in [-0.3, -0.25) is 4.99 Å². The standard InChI is InChI=1S/C20H32N6O.HI/c1-6-19-25-23-14-26(19)12-11-22-20(21-5)24-16(4)17-7-9-18(10-8-17)27-13-15(2)3;/h7-10,14-16H,6,11-13H2,1-5H3,(H2,21,22,24);1H. The fourth-order valence-corrected chi connectivity index (χ4v) is 2.63. The van der Waals surface area contributed by atoms with Crippen LogP contribution in [0.2, 0.25) is 0 Å². The third-order valence-electron chi connectivity index (χ3n) is 4.20. The SMILES string of the molecule is CCc1nncn1CCNC(=NC)NC(C)c1ccc(OCC(C)C)cc1.I. The predicted octanol–water partition coefficient (Wildman–Crippen LogP) is 3.42. The predicted molar refractivity (Wildman–Crippen MR) is 125 cm³/mol. The van der Waals surface area contributed by atoms with Gasteiger partial charge in [-0.2, -0.15) is 0 Å². The molecule has 156 valence electrons. The van der Waals surface area contributed by atoms with Crippen LogP contribution in [0.3, 0.4) is 0 Å². The topological polar surface area (TPSA) is 76.4 Å². The minimum absolute atomic E-state index is 0. The number of halogens is 1. The van der Waals surface area contributed by atoms with Crippen molar-refractivity contribution in [2.24, 2.45) is 10.9 Å². The molecule has 28 heavy (non-hydrogen) atoms. The van der Waals surface area contributed by atoms with Gasteiger partial charge >= 0.3 is 0 Å². The number of nitrogens with one attached hydrogen (secondary N) is 2. The van der Waals surface area contributed by atoms with E-state index in [-0.39, 0.29) is 30.0 Å². The summed E-state index contributed by atoms with van der Waals surface area (Å²) in [6, 6.07) is 8.35. The van der Waals surface area contributed by atoms with E-state index in [0.29, 0.717) is 5.92 Å². The number of aryl methyl sites for hydroxylation is 1. The number of nitrogens with zero attached hydrogens (tertiary/aromatic N) is 4. The fraction of sp³-hybridized carbons (Fsp3) is 0.550. The minimum Gasteiger partial charge on any atom is -0.493 e. The maximum absolute atomic E-state index is 5.74. The molecule has 0 aliphatic carbocycles. The van der Waals surface area contributed by atoms with Crippen molar-refractivity contribution in [1.29, 1.82) is 0 Å². The minimum atomic E-state index is 0. The molecule has 2 N–H and O–H groups in total. The Bertz CT molecular complexity index is 714. The molecule has 0 bridgehead atoms. The molecular formula is C20H33IN6O. The van der Waals surface area contributed by atoms with Crippen molar-refractivity contribution < 1.29 is 4.74 Å². The average molecular weight is 500 g/mol. The van der Waals surface area contributed by atoms with Gasteiger partial charge in [-0.05, 0) is 30.5 Å². The second kappa shape index (κ2) is 12.6. The normalized spacial score (nSPS) is 12.4. The van der Waals surface area contributed by atoms with Gasteiger partial charge < -0.3 is 19.9 Å². The largest absolute Gasteiger partial charge is 0.493 e. The third-order valence-corrected chi connectivity index (χ3v) is 4.20. The van der Waals surface area contributed by atoms with Crippen LogP contribution in [0.25, 0.3) is 0 Å². The molecule has 1 aromatic carbocycles. The Morgan fingerprint density at radius 1 is 1.21 bits per heavy atom. The van der Waals surface area contributed by atoms with E-state index in [1.54, 1.807) is 13.4 Å². The van der Waals surface area contributed by atoms with E-state index >= 15 is 0 Å². The Balaban J connectivity index is 0.00000392. The maximum atomic E-state index is 5.74. The first-order valence-electron chi connectivity index (χ1n) is 9.60. The van der Waals surface area contributed by atoms with Gasteiger partial charge in [0.05, 0.1) is 12.6 Å². The van der Waals surface area contributed by atoms with Crippen molar-refractivity contribution in [3.8, 4) is 5.75 Å². The molecule has 0 fully saturated rings. The van der Waals surface area contributed by atoms with Crippen LogP contribution in [0.15, 0.2) is 35.6 Å². The Morgan fingerprint density at radius 3 is 2.54 bits per heavy atom. The molecular weight excluding hydrogens is 467 g/mol. The highest BCUT2D eigenvalue weighted by atomic mass is 127. The van der Waals surface area contributed by atoms with Crippen molar-refractivity contribution in [2.45, 2.75) is 46.7 Å². The summed E-state index contributed by atoms with van der Waals surface area (Å²) < 4.78 is 7.80. The maximum Gasteiger partial charge on any atom is 0.191 e. The zero-order valence-electron chi connectivity index (χ0n) is 17.5. The van der Waals surface area contributed by atoms with Gasteiger partial charge in [0, 0.05) is 26.6 Å². The Morgan fingerprint density at radius 2 is 1.93 bits per heavy atom. The van der Waals surface area contributed by atoms with Crippen molar-refractivity contribution in [3.05, 3.63) is 42.0 Å². The van der Waals surface area contributed by atoms with Gasteiger partial charge in [0.25, 0.3) is 0 Å². The lowest BCUT2D eigenvalue weighted by molar-refractivity contribution is 0.271. The van der Waals surface area contributed by atoms with Gasteiger partial charge in [0.2, 0.25) is 0 Å². The molecule has 1 aromatic heterocycles. The molecule has 0 saturated carbocycles. The summed E-state index contributed by atoms with van der Waals surface area (Å²) in [5.74, 6) is 3.19. The van der Waals surface area contributed by atoms with E-state index < -0.39 is 0 Å². The Hall–Kier alpha value is -1.84. The van der Waals surface area contributed by atoms with E-state index in [9.17, 15) is 0 Å². The first-order valence-corrected chi connectivity index (χ1v) is 9.60. The van der Waals surface area contributed by atoms with Gasteiger partial charge in [-0.25, -0.2) is 0 Å². The highest BCUT2D eigenvalue weighted by molar-refractivity contribution is 14.0. The van der Waals surface area contributed by atoms with Crippen molar-refractivity contribution in [1.82, 2.24) is 25.4 Å². The fourth-order valence-electron chi connectivity index (χ4n) is 2.63. The number of hydrogen-bond donors (Lipinski definition) is 2. The molecule has 0 radical (unpaired) electrons. The molecule has 1 atom stereocenters. The first kappa shape index (κ1) is 24.2. The summed E-state index contributed by atoms with van der Waals surface area (Å²) in [6.45, 7) is 10.8. The molecule has 0 saturated heterocycles. The van der Waals surface area contributed by atoms with E-state index in [1.165, 1.54) is 5.56 Å². The molecule has 1 unspecified atom stereocenters. The van der Waals surface area contributed by atoms with Crippen LogP contribution in [0.4, 0.5) is 0 Å². The molecule has 1 heterocycles. The van der Waals surface area contributed by atoms with Gasteiger partial charge in [-0.1, -0.05) is 32.9 Å². The summed E-state index contributed by atoms with van der Waals surface area (Å²) in [6.07, 6.45) is 2.64. The number of ether oxygens (including phenoxy) is 1. The number of aliphatic imine (C=N–C) groups is 1.